The van der Waals surface area contributed by atoms with Crippen molar-refractivity contribution >= 4 is 5.95 Å². The molecule has 0 atom stereocenters. The third-order valence-electron chi connectivity index (χ3n) is 6.50. The summed E-state index contributed by atoms with van der Waals surface area (Å²) in [6.07, 6.45) is 5.49. The van der Waals surface area contributed by atoms with Crippen molar-refractivity contribution in [2.75, 3.05) is 18.0 Å². The van der Waals surface area contributed by atoms with Crippen LogP contribution in [0.1, 0.15) is 41.6 Å². The number of ether oxygens (including phenoxy) is 1. The Morgan fingerprint density at radius 3 is 2.27 bits per heavy atom. The molecule has 0 amide bonds. The summed E-state index contributed by atoms with van der Waals surface area (Å²) in [6, 6.07) is 19.8. The molecule has 2 aromatic carbocycles. The van der Waals surface area contributed by atoms with Crippen LogP contribution in [0.4, 0.5) is 5.95 Å². The fourth-order valence-electron chi connectivity index (χ4n) is 4.47. The molecule has 2 fully saturated rings. The van der Waals surface area contributed by atoms with E-state index in [0.717, 1.165) is 30.5 Å². The van der Waals surface area contributed by atoms with E-state index >= 15 is 0 Å². The maximum Gasteiger partial charge on any atom is 0.225 e. The average Bonchev–Trinajstić information content (AvgIpc) is 2.72. The standard InChI is InChI=1S/C25H28N4O/c1-18-3-5-19(6-4-18)25(12-2-13-25)20-7-9-23(10-8-20)30-17-22-11-14-27-24(28-22)29-15-21(26)16-29/h3-11,14,21H,2,12-13,15-17,26H2,1H3. The minimum absolute atomic E-state index is 0.159. The van der Waals surface area contributed by atoms with Crippen LogP contribution in [0.5, 0.6) is 5.75 Å². The van der Waals surface area contributed by atoms with Gasteiger partial charge in [-0.15, -0.1) is 0 Å². The first-order chi connectivity index (χ1) is 14.6. The lowest BCUT2D eigenvalue weighted by atomic mass is 9.60. The summed E-state index contributed by atoms with van der Waals surface area (Å²) in [5.74, 6) is 1.60. The molecule has 0 bridgehead atoms. The molecule has 1 aliphatic heterocycles. The van der Waals surface area contributed by atoms with Crippen molar-refractivity contribution in [1.29, 1.82) is 0 Å². The summed E-state index contributed by atoms with van der Waals surface area (Å²) in [7, 11) is 0. The van der Waals surface area contributed by atoms with Crippen LogP contribution in [0.2, 0.25) is 0 Å². The van der Waals surface area contributed by atoms with Gasteiger partial charge in [-0.3, -0.25) is 0 Å². The second kappa shape index (κ2) is 7.73. The fraction of sp³-hybridized carbons (Fsp3) is 0.360. The third-order valence-corrected chi connectivity index (χ3v) is 6.50. The van der Waals surface area contributed by atoms with Crippen LogP contribution in [0.15, 0.2) is 60.8 Å². The van der Waals surface area contributed by atoms with Gasteiger partial charge in [-0.1, -0.05) is 48.4 Å². The normalized spacial score (nSPS) is 17.9. The van der Waals surface area contributed by atoms with Crippen LogP contribution in [-0.2, 0) is 12.0 Å². The Labute approximate surface area is 177 Å². The number of benzene rings is 2. The van der Waals surface area contributed by atoms with E-state index in [4.69, 9.17) is 10.5 Å². The molecule has 1 aliphatic carbocycles. The first kappa shape index (κ1) is 19.1. The number of anilines is 1. The SMILES string of the molecule is Cc1ccc(C2(c3ccc(OCc4ccnc(N5CC(N)C5)n4)cc3)CCC2)cc1. The largest absolute Gasteiger partial charge is 0.487 e. The molecule has 3 aromatic rings. The van der Waals surface area contributed by atoms with E-state index in [1.807, 2.05) is 6.07 Å². The zero-order chi connectivity index (χ0) is 20.6. The second-order valence-electron chi connectivity index (χ2n) is 8.63. The molecule has 0 unspecified atom stereocenters. The van der Waals surface area contributed by atoms with Crippen LogP contribution < -0.4 is 15.4 Å². The van der Waals surface area contributed by atoms with Crippen molar-refractivity contribution in [3.8, 4) is 5.75 Å². The first-order valence-electron chi connectivity index (χ1n) is 10.8. The zero-order valence-corrected chi connectivity index (χ0v) is 17.4. The van der Waals surface area contributed by atoms with E-state index in [2.05, 4.69) is 70.3 Å². The van der Waals surface area contributed by atoms with Gasteiger partial charge in [0.2, 0.25) is 5.95 Å². The molecule has 30 heavy (non-hydrogen) atoms. The molecule has 5 nitrogen and oxygen atoms in total. The van der Waals surface area contributed by atoms with Gasteiger partial charge in [-0.25, -0.2) is 9.97 Å². The molecule has 0 spiro atoms. The predicted molar refractivity (Wildman–Crippen MR) is 119 cm³/mol. The third kappa shape index (κ3) is 3.54. The molecule has 154 valence electrons. The molecule has 2 heterocycles. The number of rotatable bonds is 6. The number of aromatic nitrogens is 2. The number of nitrogens with two attached hydrogens (primary N) is 1. The molecule has 5 rings (SSSR count). The maximum absolute atomic E-state index is 6.01. The Balaban J connectivity index is 1.26. The highest BCUT2D eigenvalue weighted by atomic mass is 16.5. The van der Waals surface area contributed by atoms with Gasteiger partial charge in [0.15, 0.2) is 0 Å². The highest BCUT2D eigenvalue weighted by Gasteiger charge is 2.40. The molecule has 0 radical (unpaired) electrons. The van der Waals surface area contributed by atoms with Crippen LogP contribution in [0.3, 0.4) is 0 Å². The van der Waals surface area contributed by atoms with Crippen molar-refractivity contribution in [2.24, 2.45) is 5.73 Å². The summed E-state index contributed by atoms with van der Waals surface area (Å²) in [5, 5.41) is 0. The summed E-state index contributed by atoms with van der Waals surface area (Å²) in [4.78, 5) is 11.0. The predicted octanol–water partition coefficient (Wildman–Crippen LogP) is 3.98. The topological polar surface area (TPSA) is 64.3 Å². The number of hydrogen-bond acceptors (Lipinski definition) is 5. The van der Waals surface area contributed by atoms with Crippen molar-refractivity contribution < 1.29 is 4.74 Å². The summed E-state index contributed by atoms with van der Waals surface area (Å²) in [6.45, 7) is 4.20. The lowest BCUT2D eigenvalue weighted by Crippen LogP contribution is -2.56. The first-order valence-corrected chi connectivity index (χ1v) is 10.8. The number of hydrogen-bond donors (Lipinski definition) is 1. The maximum atomic E-state index is 6.01. The lowest BCUT2D eigenvalue weighted by molar-refractivity contribution is 0.294. The molecule has 1 saturated carbocycles. The quantitative estimate of drug-likeness (QED) is 0.678. The van der Waals surface area contributed by atoms with Gasteiger partial charge in [0.25, 0.3) is 0 Å². The van der Waals surface area contributed by atoms with E-state index in [9.17, 15) is 0 Å². The smallest absolute Gasteiger partial charge is 0.225 e. The van der Waals surface area contributed by atoms with Gasteiger partial charge in [0.05, 0.1) is 5.69 Å². The van der Waals surface area contributed by atoms with Crippen LogP contribution in [-0.4, -0.2) is 29.1 Å². The van der Waals surface area contributed by atoms with Crippen molar-refractivity contribution in [3.05, 3.63) is 83.2 Å². The molecule has 1 aromatic heterocycles. The summed E-state index contributed by atoms with van der Waals surface area (Å²) >= 11 is 0. The number of aryl methyl sites for hydroxylation is 1. The van der Waals surface area contributed by atoms with Gasteiger partial charge in [0.1, 0.15) is 12.4 Å². The Bertz CT molecular complexity index is 1010. The van der Waals surface area contributed by atoms with Crippen LogP contribution in [0, 0.1) is 6.92 Å². The van der Waals surface area contributed by atoms with Crippen molar-refractivity contribution in [3.63, 3.8) is 0 Å². The second-order valence-corrected chi connectivity index (χ2v) is 8.63. The Hall–Kier alpha value is -2.92. The highest BCUT2D eigenvalue weighted by Crippen LogP contribution is 2.49. The number of nitrogens with zero attached hydrogens (tertiary/aromatic N) is 3. The van der Waals surface area contributed by atoms with E-state index in [1.165, 1.54) is 36.0 Å². The van der Waals surface area contributed by atoms with E-state index < -0.39 is 0 Å². The van der Waals surface area contributed by atoms with E-state index in [-0.39, 0.29) is 11.5 Å². The average molecular weight is 401 g/mol. The van der Waals surface area contributed by atoms with Crippen LogP contribution >= 0.6 is 0 Å². The monoisotopic (exact) mass is 400 g/mol. The van der Waals surface area contributed by atoms with Crippen LogP contribution in [0.25, 0.3) is 0 Å². The van der Waals surface area contributed by atoms with E-state index in [0.29, 0.717) is 6.61 Å². The van der Waals surface area contributed by atoms with Gasteiger partial charge in [0, 0.05) is 30.7 Å². The zero-order valence-electron chi connectivity index (χ0n) is 17.4. The van der Waals surface area contributed by atoms with Gasteiger partial charge >= 0.3 is 0 Å². The lowest BCUT2D eigenvalue weighted by Gasteiger charge is -2.43. The highest BCUT2D eigenvalue weighted by molar-refractivity contribution is 5.44. The summed E-state index contributed by atoms with van der Waals surface area (Å²) in [5.41, 5.74) is 11.0. The molecule has 1 saturated heterocycles. The minimum atomic E-state index is 0.159. The molecular formula is C25H28N4O. The van der Waals surface area contributed by atoms with Crippen molar-refractivity contribution in [1.82, 2.24) is 9.97 Å². The Morgan fingerprint density at radius 2 is 1.67 bits per heavy atom. The molecule has 2 aliphatic rings. The van der Waals surface area contributed by atoms with E-state index in [1.54, 1.807) is 6.20 Å². The Kier molecular flexibility index (Phi) is 4.91. The molecule has 2 N–H and O–H groups in total. The molecule has 5 heteroatoms. The summed E-state index contributed by atoms with van der Waals surface area (Å²) < 4.78 is 6.01. The van der Waals surface area contributed by atoms with Gasteiger partial charge < -0.3 is 15.4 Å². The van der Waals surface area contributed by atoms with Gasteiger partial charge in [-0.05, 0) is 49.1 Å². The Morgan fingerprint density at radius 1 is 1.00 bits per heavy atom. The van der Waals surface area contributed by atoms with Gasteiger partial charge in [-0.2, -0.15) is 0 Å². The minimum Gasteiger partial charge on any atom is -0.487 e. The molecular weight excluding hydrogens is 372 g/mol. The van der Waals surface area contributed by atoms with Crippen molar-refractivity contribution in [2.45, 2.75) is 44.2 Å². The fourth-order valence-corrected chi connectivity index (χ4v) is 4.47.